The van der Waals surface area contributed by atoms with E-state index in [-0.39, 0.29) is 12.1 Å². The molecule has 3 heteroatoms. The summed E-state index contributed by atoms with van der Waals surface area (Å²) in [6, 6.07) is 2.16. The molecule has 3 rings (SSSR count). The van der Waals surface area contributed by atoms with Gasteiger partial charge in [-0.2, -0.15) is 0 Å². The average Bonchev–Trinajstić information content (AvgIpc) is 2.82. The van der Waals surface area contributed by atoms with Gasteiger partial charge in [-0.3, -0.25) is 0 Å². The fourth-order valence-electron chi connectivity index (χ4n) is 2.65. The van der Waals surface area contributed by atoms with Gasteiger partial charge in [0.25, 0.3) is 0 Å². The molecular weight excluding hydrogens is 190 g/mol. The minimum Gasteiger partial charge on any atom is -0.464 e. The topological polar surface area (TPSA) is 45.4 Å². The van der Waals surface area contributed by atoms with Gasteiger partial charge in [0.05, 0.1) is 12.1 Å². The predicted molar refractivity (Wildman–Crippen MR) is 56.7 cm³/mol. The zero-order valence-corrected chi connectivity index (χ0v) is 8.83. The van der Waals surface area contributed by atoms with Crippen molar-refractivity contribution < 1.29 is 9.52 Å². The van der Waals surface area contributed by atoms with E-state index in [0.29, 0.717) is 0 Å². The number of nitrogens with one attached hydrogen (secondary N) is 1. The van der Waals surface area contributed by atoms with Gasteiger partial charge in [-0.15, -0.1) is 0 Å². The number of aryl methyl sites for hydroxylation is 2. The summed E-state index contributed by atoms with van der Waals surface area (Å²) >= 11 is 0. The Labute approximate surface area is 89.5 Å². The fraction of sp³-hybridized carbons (Fsp3) is 0.667. The number of furan rings is 1. The molecule has 1 aliphatic heterocycles. The first-order chi connectivity index (χ1) is 7.34. The van der Waals surface area contributed by atoms with E-state index in [0.717, 1.165) is 37.3 Å². The van der Waals surface area contributed by atoms with Gasteiger partial charge in [0.15, 0.2) is 0 Å². The van der Waals surface area contributed by atoms with Crippen molar-refractivity contribution in [1.29, 1.82) is 0 Å². The maximum absolute atomic E-state index is 9.78. The largest absolute Gasteiger partial charge is 0.464 e. The van der Waals surface area contributed by atoms with Gasteiger partial charge < -0.3 is 14.8 Å². The highest BCUT2D eigenvalue weighted by Gasteiger charge is 2.30. The van der Waals surface area contributed by atoms with E-state index >= 15 is 0 Å². The summed E-state index contributed by atoms with van der Waals surface area (Å²) in [5.74, 6) is 2.09. The van der Waals surface area contributed by atoms with E-state index in [1.807, 2.05) is 0 Å². The molecule has 0 spiro atoms. The summed E-state index contributed by atoms with van der Waals surface area (Å²) in [6.07, 6.45) is 5.26. The van der Waals surface area contributed by atoms with Crippen LogP contribution in [0, 0.1) is 0 Å². The Morgan fingerprint density at radius 3 is 2.93 bits per heavy atom. The molecule has 0 saturated carbocycles. The third-order valence-corrected chi connectivity index (χ3v) is 3.51. The van der Waals surface area contributed by atoms with Crippen LogP contribution in [0.15, 0.2) is 10.5 Å². The van der Waals surface area contributed by atoms with Crippen LogP contribution in [-0.2, 0) is 12.8 Å². The Balaban J connectivity index is 1.88. The Morgan fingerprint density at radius 2 is 2.20 bits per heavy atom. The Bertz CT molecular complexity index is 335. The first kappa shape index (κ1) is 9.43. The van der Waals surface area contributed by atoms with Gasteiger partial charge in [0, 0.05) is 6.42 Å². The van der Waals surface area contributed by atoms with E-state index in [1.54, 1.807) is 0 Å². The number of fused-ring (bicyclic) bond motifs is 1. The Kier molecular flexibility index (Phi) is 2.29. The minimum atomic E-state index is -0.280. The second-order valence-electron chi connectivity index (χ2n) is 4.59. The molecule has 15 heavy (non-hydrogen) atoms. The lowest BCUT2D eigenvalue weighted by Crippen LogP contribution is -2.20. The summed E-state index contributed by atoms with van der Waals surface area (Å²) in [4.78, 5) is 0. The molecule has 1 aromatic heterocycles. The molecule has 1 saturated heterocycles. The molecular formula is C12H17NO2. The van der Waals surface area contributed by atoms with Crippen LogP contribution in [-0.4, -0.2) is 17.8 Å². The van der Waals surface area contributed by atoms with Crippen molar-refractivity contribution in [3.63, 3.8) is 0 Å². The Morgan fingerprint density at radius 1 is 1.33 bits per heavy atom. The molecule has 0 aromatic carbocycles. The third kappa shape index (κ3) is 1.60. The zero-order valence-electron chi connectivity index (χ0n) is 8.83. The van der Waals surface area contributed by atoms with Crippen molar-refractivity contribution in [3.8, 4) is 0 Å². The molecule has 0 amide bonds. The highest BCUT2D eigenvalue weighted by molar-refractivity contribution is 5.26. The lowest BCUT2D eigenvalue weighted by atomic mass is 9.98. The molecule has 2 N–H and O–H groups in total. The molecule has 2 atom stereocenters. The van der Waals surface area contributed by atoms with Gasteiger partial charge in [0.1, 0.15) is 11.5 Å². The van der Waals surface area contributed by atoms with Crippen molar-refractivity contribution in [1.82, 2.24) is 5.32 Å². The lowest BCUT2D eigenvalue weighted by molar-refractivity contribution is 0.149. The van der Waals surface area contributed by atoms with Crippen LogP contribution in [0.4, 0.5) is 0 Å². The van der Waals surface area contributed by atoms with Crippen LogP contribution in [0.5, 0.6) is 0 Å². The van der Waals surface area contributed by atoms with Crippen LogP contribution in [0.25, 0.3) is 0 Å². The monoisotopic (exact) mass is 207 g/mol. The first-order valence-corrected chi connectivity index (χ1v) is 5.87. The number of aliphatic hydroxyl groups excluding tert-OH is 1. The van der Waals surface area contributed by atoms with Gasteiger partial charge in [0.2, 0.25) is 0 Å². The van der Waals surface area contributed by atoms with Gasteiger partial charge in [-0.25, -0.2) is 0 Å². The van der Waals surface area contributed by atoms with Crippen molar-refractivity contribution in [2.24, 2.45) is 0 Å². The van der Waals surface area contributed by atoms with Crippen molar-refractivity contribution >= 4 is 0 Å². The van der Waals surface area contributed by atoms with Crippen molar-refractivity contribution in [2.75, 3.05) is 6.54 Å². The summed E-state index contributed by atoms with van der Waals surface area (Å²) < 4.78 is 5.84. The highest BCUT2D eigenvalue weighted by Crippen LogP contribution is 2.31. The molecule has 1 fully saturated rings. The second kappa shape index (κ2) is 3.65. The van der Waals surface area contributed by atoms with E-state index in [9.17, 15) is 5.11 Å². The van der Waals surface area contributed by atoms with Gasteiger partial charge in [-0.05, 0) is 43.9 Å². The maximum atomic E-state index is 9.78. The number of aliphatic hydroxyl groups is 1. The molecule has 3 nitrogen and oxygen atoms in total. The van der Waals surface area contributed by atoms with Crippen LogP contribution < -0.4 is 5.32 Å². The quantitative estimate of drug-likeness (QED) is 0.734. The van der Waals surface area contributed by atoms with Crippen LogP contribution in [0.2, 0.25) is 0 Å². The molecule has 1 aromatic rings. The SMILES string of the molecule is OC1CCNC1c1cc2c(o1)CCCC2. The zero-order chi connectivity index (χ0) is 10.3. The Hall–Kier alpha value is -0.800. The molecule has 0 radical (unpaired) electrons. The van der Waals surface area contributed by atoms with Crippen LogP contribution in [0.3, 0.4) is 0 Å². The maximum Gasteiger partial charge on any atom is 0.124 e. The summed E-state index contributed by atoms with van der Waals surface area (Å²) in [6.45, 7) is 0.886. The number of hydrogen-bond acceptors (Lipinski definition) is 3. The van der Waals surface area contributed by atoms with Crippen molar-refractivity contribution in [2.45, 2.75) is 44.2 Å². The smallest absolute Gasteiger partial charge is 0.124 e. The van der Waals surface area contributed by atoms with Gasteiger partial charge >= 0.3 is 0 Å². The van der Waals surface area contributed by atoms with E-state index < -0.39 is 0 Å². The molecule has 1 aliphatic carbocycles. The molecule has 82 valence electrons. The predicted octanol–water partition coefficient (Wildman–Crippen LogP) is 1.55. The molecule has 2 unspecified atom stereocenters. The van der Waals surface area contributed by atoms with Crippen LogP contribution >= 0.6 is 0 Å². The summed E-state index contributed by atoms with van der Waals surface area (Å²) in [5, 5.41) is 13.1. The van der Waals surface area contributed by atoms with E-state index in [4.69, 9.17) is 4.42 Å². The van der Waals surface area contributed by atoms with E-state index in [2.05, 4.69) is 11.4 Å². The minimum absolute atomic E-state index is 0.0237. The van der Waals surface area contributed by atoms with E-state index in [1.165, 1.54) is 18.4 Å². The van der Waals surface area contributed by atoms with Gasteiger partial charge in [-0.1, -0.05) is 0 Å². The summed E-state index contributed by atoms with van der Waals surface area (Å²) in [5.41, 5.74) is 1.36. The highest BCUT2D eigenvalue weighted by atomic mass is 16.3. The second-order valence-corrected chi connectivity index (χ2v) is 4.59. The average molecular weight is 207 g/mol. The standard InChI is InChI=1S/C12H17NO2/c14-9-5-6-13-12(9)11-7-8-3-1-2-4-10(8)15-11/h7,9,12-14H,1-6H2. The van der Waals surface area contributed by atoms with Crippen molar-refractivity contribution in [3.05, 3.63) is 23.2 Å². The normalized spacial score (nSPS) is 30.5. The molecule has 2 heterocycles. The molecule has 0 bridgehead atoms. The lowest BCUT2D eigenvalue weighted by Gasteiger charge is -2.11. The fourth-order valence-corrected chi connectivity index (χ4v) is 2.65. The summed E-state index contributed by atoms with van der Waals surface area (Å²) in [7, 11) is 0. The third-order valence-electron chi connectivity index (χ3n) is 3.51. The van der Waals surface area contributed by atoms with Crippen LogP contribution in [0.1, 0.15) is 42.4 Å². The molecule has 2 aliphatic rings. The number of hydrogen-bond donors (Lipinski definition) is 2. The first-order valence-electron chi connectivity index (χ1n) is 5.87. The number of rotatable bonds is 1.